The molecular weight excluding hydrogens is 350 g/mol. The van der Waals surface area contributed by atoms with Crippen molar-refractivity contribution in [3.63, 3.8) is 0 Å². The van der Waals surface area contributed by atoms with Gasteiger partial charge in [-0.05, 0) is 38.3 Å². The van der Waals surface area contributed by atoms with E-state index in [1.807, 2.05) is 30.0 Å². The van der Waals surface area contributed by atoms with Crippen molar-refractivity contribution in [2.24, 2.45) is 0 Å². The largest absolute Gasteiger partial charge is 0.385 e. The second-order valence-corrected chi connectivity index (χ2v) is 7.82. The monoisotopic (exact) mass is 375 g/mol. The molecule has 1 aromatic heterocycles. The Morgan fingerprint density at radius 3 is 2.77 bits per heavy atom. The van der Waals surface area contributed by atoms with Crippen LogP contribution >= 0.6 is 11.8 Å². The molecule has 3 rings (SSSR count). The molecule has 0 saturated carbocycles. The molecule has 140 valence electrons. The number of amides is 1. The van der Waals surface area contributed by atoms with Crippen molar-refractivity contribution in [3.8, 4) is 0 Å². The van der Waals surface area contributed by atoms with Gasteiger partial charge in [-0.25, -0.2) is 4.98 Å². The Morgan fingerprint density at radius 1 is 1.31 bits per heavy atom. The van der Waals surface area contributed by atoms with E-state index in [4.69, 9.17) is 4.74 Å². The third kappa shape index (κ3) is 4.10. The van der Waals surface area contributed by atoms with Gasteiger partial charge in [-0.2, -0.15) is 0 Å². The minimum atomic E-state index is -0.269. The standard InChI is InChI=1S/C19H25N3O3S/c1-14(17(23)21-10-5-6-11-21)26-19-20-16-9-4-3-8-15(16)18(24)22(19)12-7-13-25-2/h3-4,8-9,14H,5-7,10-13H2,1-2H3. The Labute approximate surface area is 157 Å². The van der Waals surface area contributed by atoms with Gasteiger partial charge < -0.3 is 9.64 Å². The summed E-state index contributed by atoms with van der Waals surface area (Å²) in [5, 5.41) is 0.937. The van der Waals surface area contributed by atoms with Crippen LogP contribution in [0, 0.1) is 0 Å². The number of carbonyl (C=O) groups is 1. The van der Waals surface area contributed by atoms with Gasteiger partial charge in [0.15, 0.2) is 5.16 Å². The number of hydrogen-bond donors (Lipinski definition) is 0. The SMILES string of the molecule is COCCCn1c(SC(C)C(=O)N2CCCC2)nc2ccccc2c1=O. The lowest BCUT2D eigenvalue weighted by Crippen LogP contribution is -2.34. The summed E-state index contributed by atoms with van der Waals surface area (Å²) in [6, 6.07) is 7.35. The van der Waals surface area contributed by atoms with Crippen LogP contribution in [0.2, 0.25) is 0 Å². The fourth-order valence-electron chi connectivity index (χ4n) is 3.20. The minimum absolute atomic E-state index is 0.0602. The topological polar surface area (TPSA) is 64.4 Å². The molecule has 6 nitrogen and oxygen atoms in total. The molecule has 2 aromatic rings. The van der Waals surface area contributed by atoms with E-state index in [9.17, 15) is 9.59 Å². The number of thioether (sulfide) groups is 1. The number of nitrogens with zero attached hydrogens (tertiary/aromatic N) is 3. The third-order valence-corrected chi connectivity index (χ3v) is 5.68. The fraction of sp³-hybridized carbons (Fsp3) is 0.526. The lowest BCUT2D eigenvalue weighted by molar-refractivity contribution is -0.129. The smallest absolute Gasteiger partial charge is 0.262 e. The summed E-state index contributed by atoms with van der Waals surface area (Å²) in [4.78, 5) is 32.2. The van der Waals surface area contributed by atoms with Crippen molar-refractivity contribution in [3.05, 3.63) is 34.6 Å². The lowest BCUT2D eigenvalue weighted by Gasteiger charge is -2.21. The van der Waals surface area contributed by atoms with Crippen molar-refractivity contribution in [1.29, 1.82) is 0 Å². The zero-order chi connectivity index (χ0) is 18.5. The molecule has 1 atom stereocenters. The van der Waals surface area contributed by atoms with E-state index in [0.717, 1.165) is 32.4 Å². The molecule has 1 aliphatic rings. The Balaban J connectivity index is 1.90. The van der Waals surface area contributed by atoms with Crippen molar-refractivity contribution in [2.75, 3.05) is 26.8 Å². The zero-order valence-corrected chi connectivity index (χ0v) is 16.1. The van der Waals surface area contributed by atoms with Gasteiger partial charge in [0.2, 0.25) is 5.91 Å². The zero-order valence-electron chi connectivity index (χ0n) is 15.3. The maximum absolute atomic E-state index is 12.9. The second-order valence-electron chi connectivity index (χ2n) is 6.51. The van der Waals surface area contributed by atoms with Gasteiger partial charge in [0.1, 0.15) is 0 Å². The quantitative estimate of drug-likeness (QED) is 0.423. The summed E-state index contributed by atoms with van der Waals surface area (Å²) < 4.78 is 6.79. The molecule has 1 aromatic carbocycles. The molecule has 1 unspecified atom stereocenters. The third-order valence-electron chi connectivity index (χ3n) is 4.60. The first-order valence-electron chi connectivity index (χ1n) is 9.06. The predicted molar refractivity (Wildman–Crippen MR) is 104 cm³/mol. The average molecular weight is 375 g/mol. The highest BCUT2D eigenvalue weighted by molar-refractivity contribution is 8.00. The second kappa shape index (κ2) is 8.68. The number of likely N-dealkylation sites (tertiary alicyclic amines) is 1. The Kier molecular flexibility index (Phi) is 6.32. The van der Waals surface area contributed by atoms with E-state index in [1.165, 1.54) is 11.8 Å². The summed E-state index contributed by atoms with van der Waals surface area (Å²) in [6.07, 6.45) is 2.86. The number of rotatable bonds is 7. The number of fused-ring (bicyclic) bond motifs is 1. The van der Waals surface area contributed by atoms with Crippen LogP contribution in [0.25, 0.3) is 10.9 Å². The highest BCUT2D eigenvalue weighted by atomic mass is 32.2. The molecule has 0 aliphatic carbocycles. The molecule has 1 saturated heterocycles. The lowest BCUT2D eigenvalue weighted by atomic mass is 10.2. The Hall–Kier alpha value is -1.86. The van der Waals surface area contributed by atoms with Gasteiger partial charge in [-0.3, -0.25) is 14.2 Å². The Bertz CT molecular complexity index is 830. The molecule has 1 fully saturated rings. The first-order chi connectivity index (χ1) is 12.6. The summed E-state index contributed by atoms with van der Waals surface area (Å²) in [5.74, 6) is 0.123. The van der Waals surface area contributed by atoms with E-state index < -0.39 is 0 Å². The van der Waals surface area contributed by atoms with Gasteiger partial charge in [0.25, 0.3) is 5.56 Å². The van der Waals surface area contributed by atoms with Crippen LogP contribution in [0.4, 0.5) is 0 Å². The first kappa shape index (κ1) is 18.9. The number of hydrogen-bond acceptors (Lipinski definition) is 5. The van der Waals surface area contributed by atoms with Crippen LogP contribution in [0.15, 0.2) is 34.2 Å². The molecule has 0 spiro atoms. The van der Waals surface area contributed by atoms with Crippen molar-refractivity contribution < 1.29 is 9.53 Å². The maximum Gasteiger partial charge on any atom is 0.262 e. The maximum atomic E-state index is 12.9. The number of carbonyl (C=O) groups excluding carboxylic acids is 1. The summed E-state index contributed by atoms with van der Waals surface area (Å²) >= 11 is 1.37. The van der Waals surface area contributed by atoms with Gasteiger partial charge in [0, 0.05) is 33.4 Å². The summed E-state index contributed by atoms with van der Waals surface area (Å²) in [7, 11) is 1.65. The van der Waals surface area contributed by atoms with Crippen molar-refractivity contribution in [2.45, 2.75) is 43.1 Å². The van der Waals surface area contributed by atoms with Crippen molar-refractivity contribution >= 4 is 28.6 Å². The van der Waals surface area contributed by atoms with Crippen LogP contribution in [-0.4, -0.2) is 52.4 Å². The minimum Gasteiger partial charge on any atom is -0.385 e. The van der Waals surface area contributed by atoms with Gasteiger partial charge in [-0.15, -0.1) is 0 Å². The molecule has 0 radical (unpaired) electrons. The first-order valence-corrected chi connectivity index (χ1v) is 9.93. The molecule has 2 heterocycles. The van der Waals surface area contributed by atoms with Crippen LogP contribution in [0.1, 0.15) is 26.2 Å². The molecular formula is C19H25N3O3S. The average Bonchev–Trinajstić information content (AvgIpc) is 3.18. The molecule has 1 amide bonds. The molecule has 7 heteroatoms. The van der Waals surface area contributed by atoms with Gasteiger partial charge in [0.05, 0.1) is 16.2 Å². The molecule has 0 N–H and O–H groups in total. The van der Waals surface area contributed by atoms with E-state index in [1.54, 1.807) is 17.7 Å². The van der Waals surface area contributed by atoms with Crippen LogP contribution in [-0.2, 0) is 16.1 Å². The number of ether oxygens (including phenoxy) is 1. The van der Waals surface area contributed by atoms with E-state index in [0.29, 0.717) is 29.2 Å². The summed E-state index contributed by atoms with van der Waals surface area (Å²) in [5.41, 5.74) is 0.610. The van der Waals surface area contributed by atoms with Crippen LogP contribution in [0.3, 0.4) is 0 Å². The summed E-state index contributed by atoms with van der Waals surface area (Å²) in [6.45, 7) is 4.65. The molecule has 0 bridgehead atoms. The fourth-order valence-corrected chi connectivity index (χ4v) is 4.22. The van der Waals surface area contributed by atoms with Gasteiger partial charge >= 0.3 is 0 Å². The van der Waals surface area contributed by atoms with E-state index in [2.05, 4.69) is 4.98 Å². The molecule has 1 aliphatic heterocycles. The highest BCUT2D eigenvalue weighted by Gasteiger charge is 2.25. The normalized spacial score (nSPS) is 15.5. The number of aromatic nitrogens is 2. The molecule has 26 heavy (non-hydrogen) atoms. The number of benzene rings is 1. The van der Waals surface area contributed by atoms with Crippen molar-refractivity contribution in [1.82, 2.24) is 14.5 Å². The highest BCUT2D eigenvalue weighted by Crippen LogP contribution is 2.25. The van der Waals surface area contributed by atoms with E-state index >= 15 is 0 Å². The number of para-hydroxylation sites is 1. The van der Waals surface area contributed by atoms with Crippen LogP contribution < -0.4 is 5.56 Å². The van der Waals surface area contributed by atoms with E-state index in [-0.39, 0.29) is 16.7 Å². The van der Waals surface area contributed by atoms with Gasteiger partial charge in [-0.1, -0.05) is 23.9 Å². The number of methoxy groups -OCH3 is 1. The predicted octanol–water partition coefficient (Wildman–Crippen LogP) is 2.54. The van der Waals surface area contributed by atoms with Crippen LogP contribution in [0.5, 0.6) is 0 Å². The Morgan fingerprint density at radius 2 is 2.04 bits per heavy atom.